The van der Waals surface area contributed by atoms with Crippen molar-refractivity contribution in [3.8, 4) is 5.75 Å². The van der Waals surface area contributed by atoms with Gasteiger partial charge in [-0.1, -0.05) is 12.1 Å². The summed E-state index contributed by atoms with van der Waals surface area (Å²) < 4.78 is 12.9. The van der Waals surface area contributed by atoms with Crippen LogP contribution in [0.1, 0.15) is 18.1 Å². The Morgan fingerprint density at radius 1 is 1.33 bits per heavy atom. The Hall–Kier alpha value is -1.17. The summed E-state index contributed by atoms with van der Waals surface area (Å²) in [5.74, 6) is -1.47. The van der Waals surface area contributed by atoms with E-state index >= 15 is 0 Å². The van der Waals surface area contributed by atoms with Crippen LogP contribution < -0.4 is 5.73 Å². The summed E-state index contributed by atoms with van der Waals surface area (Å²) in [5, 5.41) is 28.3. The lowest BCUT2D eigenvalue weighted by molar-refractivity contribution is 0.0134. The van der Waals surface area contributed by atoms with Crippen LogP contribution in [0, 0.1) is 5.82 Å². The van der Waals surface area contributed by atoms with E-state index in [0.29, 0.717) is 0 Å². The Balaban J connectivity index is 2.90. The van der Waals surface area contributed by atoms with Gasteiger partial charge in [-0.2, -0.15) is 0 Å². The first-order valence-corrected chi connectivity index (χ1v) is 4.61. The number of rotatable bonds is 4. The first-order valence-electron chi connectivity index (χ1n) is 4.61. The summed E-state index contributed by atoms with van der Waals surface area (Å²) in [4.78, 5) is 0. The number of halogens is 1. The Bertz CT molecular complexity index is 332. The molecule has 0 aromatic heterocycles. The summed E-state index contributed by atoms with van der Waals surface area (Å²) in [6, 6.07) is 3.77. The lowest BCUT2D eigenvalue weighted by Crippen LogP contribution is -2.21. The SMILES string of the molecule is NCCC(O)C(O)c1cccc(F)c1O. The van der Waals surface area contributed by atoms with Crippen LogP contribution >= 0.6 is 0 Å². The standard InChI is InChI=1S/C10H14FNO3/c11-7-3-1-2-6(9(7)14)10(15)8(13)4-5-12/h1-3,8,10,13-15H,4-5,12H2. The van der Waals surface area contributed by atoms with Gasteiger partial charge >= 0.3 is 0 Å². The van der Waals surface area contributed by atoms with E-state index in [9.17, 15) is 19.7 Å². The molecule has 0 amide bonds. The van der Waals surface area contributed by atoms with Crippen molar-refractivity contribution >= 4 is 0 Å². The second-order valence-corrected chi connectivity index (χ2v) is 3.27. The van der Waals surface area contributed by atoms with Crippen molar-refractivity contribution in [2.75, 3.05) is 6.54 Å². The molecule has 0 aliphatic rings. The minimum absolute atomic E-state index is 0.0315. The number of phenolic OH excluding ortho intramolecular Hbond substituents is 1. The van der Waals surface area contributed by atoms with Crippen LogP contribution in [-0.2, 0) is 0 Å². The van der Waals surface area contributed by atoms with Crippen LogP contribution in [0.25, 0.3) is 0 Å². The molecule has 0 aliphatic carbocycles. The van der Waals surface area contributed by atoms with Gasteiger partial charge in [0.1, 0.15) is 6.10 Å². The first kappa shape index (κ1) is 11.9. The maximum atomic E-state index is 12.9. The monoisotopic (exact) mass is 215 g/mol. The van der Waals surface area contributed by atoms with E-state index in [1.165, 1.54) is 12.1 Å². The van der Waals surface area contributed by atoms with Gasteiger partial charge in [-0.15, -0.1) is 0 Å². The van der Waals surface area contributed by atoms with E-state index in [0.717, 1.165) is 6.07 Å². The molecule has 5 heteroatoms. The Labute approximate surface area is 86.8 Å². The third-order valence-corrected chi connectivity index (χ3v) is 2.16. The number of benzene rings is 1. The lowest BCUT2D eigenvalue weighted by Gasteiger charge is -2.18. The normalized spacial score (nSPS) is 14.9. The number of phenols is 1. The van der Waals surface area contributed by atoms with Gasteiger partial charge in [0.15, 0.2) is 11.6 Å². The minimum atomic E-state index is -1.33. The molecule has 1 aromatic rings. The zero-order valence-electron chi connectivity index (χ0n) is 8.10. The first-order chi connectivity index (χ1) is 7.07. The van der Waals surface area contributed by atoms with Gasteiger partial charge in [-0.05, 0) is 19.0 Å². The van der Waals surface area contributed by atoms with Gasteiger partial charge in [0.05, 0.1) is 6.10 Å². The smallest absolute Gasteiger partial charge is 0.165 e. The number of hydrogen-bond donors (Lipinski definition) is 4. The van der Waals surface area contributed by atoms with E-state index in [1.54, 1.807) is 0 Å². The molecule has 0 radical (unpaired) electrons. The van der Waals surface area contributed by atoms with Crippen molar-refractivity contribution in [3.05, 3.63) is 29.6 Å². The van der Waals surface area contributed by atoms with Crippen LogP contribution in [0.3, 0.4) is 0 Å². The number of nitrogens with two attached hydrogens (primary N) is 1. The molecule has 0 aliphatic heterocycles. The summed E-state index contributed by atoms with van der Waals surface area (Å²) in [6.07, 6.45) is -2.26. The average Bonchev–Trinajstić information content (AvgIpc) is 2.21. The Morgan fingerprint density at radius 2 is 2.00 bits per heavy atom. The zero-order chi connectivity index (χ0) is 11.4. The molecule has 5 N–H and O–H groups in total. The van der Waals surface area contributed by atoms with Gasteiger partial charge in [0.2, 0.25) is 0 Å². The minimum Gasteiger partial charge on any atom is -0.505 e. The highest BCUT2D eigenvalue weighted by molar-refractivity contribution is 5.35. The number of aromatic hydroxyl groups is 1. The maximum Gasteiger partial charge on any atom is 0.165 e. The molecule has 1 aromatic carbocycles. The Kier molecular flexibility index (Phi) is 4.02. The highest BCUT2D eigenvalue weighted by atomic mass is 19.1. The fourth-order valence-electron chi connectivity index (χ4n) is 1.31. The second-order valence-electron chi connectivity index (χ2n) is 3.27. The van der Waals surface area contributed by atoms with E-state index in [-0.39, 0.29) is 18.5 Å². The van der Waals surface area contributed by atoms with E-state index in [2.05, 4.69) is 0 Å². The quantitative estimate of drug-likeness (QED) is 0.581. The molecule has 0 bridgehead atoms. The molecular weight excluding hydrogens is 201 g/mol. The maximum absolute atomic E-state index is 12.9. The number of para-hydroxylation sites is 1. The van der Waals surface area contributed by atoms with E-state index in [1.807, 2.05) is 0 Å². The molecule has 0 spiro atoms. The highest BCUT2D eigenvalue weighted by Gasteiger charge is 2.21. The average molecular weight is 215 g/mol. The second kappa shape index (κ2) is 5.06. The molecule has 2 unspecified atom stereocenters. The van der Waals surface area contributed by atoms with Crippen LogP contribution in [-0.4, -0.2) is 28.0 Å². The van der Waals surface area contributed by atoms with Crippen molar-refractivity contribution in [2.45, 2.75) is 18.6 Å². The summed E-state index contributed by atoms with van der Waals surface area (Å²) in [6.45, 7) is 0.203. The van der Waals surface area contributed by atoms with Crippen LogP contribution in [0.2, 0.25) is 0 Å². The fourth-order valence-corrected chi connectivity index (χ4v) is 1.31. The van der Waals surface area contributed by atoms with E-state index in [4.69, 9.17) is 5.73 Å². The van der Waals surface area contributed by atoms with Gasteiger partial charge in [-0.3, -0.25) is 0 Å². The third-order valence-electron chi connectivity index (χ3n) is 2.16. The van der Waals surface area contributed by atoms with Gasteiger partial charge < -0.3 is 21.1 Å². The lowest BCUT2D eigenvalue weighted by atomic mass is 10.0. The summed E-state index contributed by atoms with van der Waals surface area (Å²) in [7, 11) is 0. The van der Waals surface area contributed by atoms with Crippen molar-refractivity contribution < 1.29 is 19.7 Å². The predicted octanol–water partition coefficient (Wildman–Crippen LogP) is 0.274. The molecule has 0 saturated carbocycles. The number of hydrogen-bond acceptors (Lipinski definition) is 4. The number of aliphatic hydroxyl groups excluding tert-OH is 2. The van der Waals surface area contributed by atoms with Gasteiger partial charge in [0.25, 0.3) is 0 Å². The Morgan fingerprint density at radius 3 is 2.60 bits per heavy atom. The highest BCUT2D eigenvalue weighted by Crippen LogP contribution is 2.29. The van der Waals surface area contributed by atoms with Gasteiger partial charge in [0, 0.05) is 5.56 Å². The predicted molar refractivity (Wildman–Crippen MR) is 52.7 cm³/mol. The molecule has 0 heterocycles. The molecule has 0 fully saturated rings. The molecule has 84 valence electrons. The largest absolute Gasteiger partial charge is 0.505 e. The van der Waals surface area contributed by atoms with Crippen molar-refractivity contribution in [2.24, 2.45) is 5.73 Å². The number of aliphatic hydroxyl groups is 2. The molecule has 0 saturated heterocycles. The summed E-state index contributed by atoms with van der Waals surface area (Å²) in [5.41, 5.74) is 5.17. The van der Waals surface area contributed by atoms with Crippen LogP contribution in [0.15, 0.2) is 18.2 Å². The molecule has 15 heavy (non-hydrogen) atoms. The molecule has 1 rings (SSSR count). The third kappa shape index (κ3) is 2.65. The van der Waals surface area contributed by atoms with Gasteiger partial charge in [-0.25, -0.2) is 4.39 Å². The van der Waals surface area contributed by atoms with E-state index < -0.39 is 23.8 Å². The van der Waals surface area contributed by atoms with Crippen LogP contribution in [0.5, 0.6) is 5.75 Å². The summed E-state index contributed by atoms with van der Waals surface area (Å²) >= 11 is 0. The molecule has 2 atom stereocenters. The van der Waals surface area contributed by atoms with Crippen molar-refractivity contribution in [3.63, 3.8) is 0 Å². The zero-order valence-corrected chi connectivity index (χ0v) is 8.10. The molecule has 4 nitrogen and oxygen atoms in total. The van der Waals surface area contributed by atoms with Crippen LogP contribution in [0.4, 0.5) is 4.39 Å². The fraction of sp³-hybridized carbons (Fsp3) is 0.400. The molecular formula is C10H14FNO3. The van der Waals surface area contributed by atoms with Crippen molar-refractivity contribution in [1.82, 2.24) is 0 Å². The topological polar surface area (TPSA) is 86.7 Å². The van der Waals surface area contributed by atoms with Crippen molar-refractivity contribution in [1.29, 1.82) is 0 Å².